The maximum Gasteiger partial charge on any atom is 0.324 e. The van der Waals surface area contributed by atoms with Crippen molar-refractivity contribution in [2.24, 2.45) is 0 Å². The van der Waals surface area contributed by atoms with Crippen LogP contribution in [0.3, 0.4) is 0 Å². The zero-order valence-electron chi connectivity index (χ0n) is 11.9. The molecule has 1 rings (SSSR count). The van der Waals surface area contributed by atoms with Gasteiger partial charge in [-0.15, -0.1) is 0 Å². The van der Waals surface area contributed by atoms with Gasteiger partial charge in [0.2, 0.25) is 5.91 Å². The van der Waals surface area contributed by atoms with E-state index in [0.717, 1.165) is 0 Å². The Morgan fingerprint density at radius 2 is 1.70 bits per heavy atom. The highest BCUT2D eigenvalue weighted by Crippen LogP contribution is 2.10. The first kappa shape index (κ1) is 16.4. The van der Waals surface area contributed by atoms with Crippen LogP contribution in [-0.2, 0) is 14.3 Å². The van der Waals surface area contributed by atoms with Crippen LogP contribution in [0.5, 0.6) is 0 Å². The summed E-state index contributed by atoms with van der Waals surface area (Å²) in [4.78, 5) is 35.3. The van der Waals surface area contributed by atoms with E-state index < -0.39 is 12.0 Å². The lowest BCUT2D eigenvalue weighted by Crippen LogP contribution is -2.52. The molecule has 2 atom stereocenters. The number of hydrogen-bond acceptors (Lipinski definition) is 4. The molecule has 114 valence electrons. The van der Waals surface area contributed by atoms with Gasteiger partial charge in [-0.25, -0.2) is 4.79 Å². The van der Waals surface area contributed by atoms with E-state index in [1.807, 2.05) is 13.8 Å². The Morgan fingerprint density at radius 1 is 1.15 bits per heavy atom. The van der Waals surface area contributed by atoms with Crippen LogP contribution >= 0.6 is 0 Å². The van der Waals surface area contributed by atoms with Crippen molar-refractivity contribution >= 4 is 17.9 Å². The Labute approximate surface area is 118 Å². The second kappa shape index (κ2) is 7.84. The molecule has 7 nitrogen and oxygen atoms in total. The number of carbonyl (C=O) groups is 3. The monoisotopic (exact) mass is 286 g/mol. The number of aliphatic carboxylic acids is 1. The van der Waals surface area contributed by atoms with Gasteiger partial charge in [-0.05, 0) is 26.7 Å². The third kappa shape index (κ3) is 6.01. The molecule has 1 fully saturated rings. The van der Waals surface area contributed by atoms with Crippen molar-refractivity contribution in [3.05, 3.63) is 0 Å². The summed E-state index contributed by atoms with van der Waals surface area (Å²) in [5.74, 6) is -1.25. The molecule has 1 aliphatic heterocycles. The first-order chi connectivity index (χ1) is 9.38. The Balaban J connectivity index is 2.27. The van der Waals surface area contributed by atoms with Gasteiger partial charge >= 0.3 is 12.0 Å². The average molecular weight is 286 g/mol. The lowest BCUT2D eigenvalue weighted by atomic mass is 10.2. The van der Waals surface area contributed by atoms with E-state index in [2.05, 4.69) is 5.32 Å². The molecule has 1 saturated heterocycles. The van der Waals surface area contributed by atoms with Gasteiger partial charge in [-0.1, -0.05) is 0 Å². The summed E-state index contributed by atoms with van der Waals surface area (Å²) in [5.41, 5.74) is 0. The fraction of sp³-hybridized carbons (Fsp3) is 0.769. The van der Waals surface area contributed by atoms with Crippen LogP contribution < -0.4 is 5.32 Å². The summed E-state index contributed by atoms with van der Waals surface area (Å²) in [6.07, 6.45) is 1.00. The Kier molecular flexibility index (Phi) is 6.44. The number of urea groups is 1. The molecule has 0 bridgehead atoms. The van der Waals surface area contributed by atoms with Crippen LogP contribution in [0.25, 0.3) is 0 Å². The highest BCUT2D eigenvalue weighted by Gasteiger charge is 2.26. The van der Waals surface area contributed by atoms with Gasteiger partial charge < -0.3 is 14.7 Å². The molecule has 0 aromatic carbocycles. The van der Waals surface area contributed by atoms with Crippen molar-refractivity contribution in [1.82, 2.24) is 10.2 Å². The van der Waals surface area contributed by atoms with Gasteiger partial charge in [0.1, 0.15) is 0 Å². The Hall–Kier alpha value is -1.63. The summed E-state index contributed by atoms with van der Waals surface area (Å²) in [6, 6.07) is -0.407. The molecule has 0 spiro atoms. The minimum absolute atomic E-state index is 0.0414. The van der Waals surface area contributed by atoms with Crippen LogP contribution in [0.2, 0.25) is 0 Å². The van der Waals surface area contributed by atoms with E-state index in [1.54, 1.807) is 4.90 Å². The molecule has 0 saturated carbocycles. The fourth-order valence-electron chi connectivity index (χ4n) is 2.17. The van der Waals surface area contributed by atoms with E-state index in [0.29, 0.717) is 25.9 Å². The van der Waals surface area contributed by atoms with Crippen molar-refractivity contribution < 1.29 is 24.2 Å². The van der Waals surface area contributed by atoms with E-state index >= 15 is 0 Å². The van der Waals surface area contributed by atoms with Gasteiger partial charge in [-0.3, -0.25) is 14.9 Å². The molecule has 2 N–H and O–H groups in total. The van der Waals surface area contributed by atoms with Crippen LogP contribution in [0.1, 0.15) is 39.5 Å². The second-order valence-electron chi connectivity index (χ2n) is 5.12. The summed E-state index contributed by atoms with van der Waals surface area (Å²) >= 11 is 0. The first-order valence-electron chi connectivity index (χ1n) is 6.84. The molecule has 0 aliphatic carbocycles. The fourth-order valence-corrected chi connectivity index (χ4v) is 2.17. The largest absolute Gasteiger partial charge is 0.481 e. The molecule has 3 amide bonds. The number of unbranched alkanes of at least 4 members (excludes halogenated alkanes) is 1. The number of nitrogens with zero attached hydrogens (tertiary/aromatic N) is 1. The number of rotatable bonds is 5. The van der Waals surface area contributed by atoms with E-state index in [1.165, 1.54) is 0 Å². The molecule has 1 aliphatic rings. The maximum atomic E-state index is 11.9. The predicted octanol–water partition coefficient (Wildman–Crippen LogP) is 0.977. The quantitative estimate of drug-likeness (QED) is 0.734. The number of imide groups is 1. The zero-order valence-corrected chi connectivity index (χ0v) is 11.9. The topological polar surface area (TPSA) is 95.9 Å². The molecular formula is C13H22N2O5. The molecule has 20 heavy (non-hydrogen) atoms. The molecule has 1 heterocycles. The third-order valence-corrected chi connectivity index (χ3v) is 3.00. The van der Waals surface area contributed by atoms with Crippen LogP contribution in [0.15, 0.2) is 0 Å². The van der Waals surface area contributed by atoms with Gasteiger partial charge in [0.15, 0.2) is 0 Å². The van der Waals surface area contributed by atoms with E-state index in [9.17, 15) is 14.4 Å². The molecule has 0 aromatic rings. The zero-order chi connectivity index (χ0) is 15.1. The molecule has 7 heteroatoms. The van der Waals surface area contributed by atoms with Crippen molar-refractivity contribution in [3.63, 3.8) is 0 Å². The number of carboxylic acids is 1. The lowest BCUT2D eigenvalue weighted by molar-refractivity contribution is -0.137. The Morgan fingerprint density at radius 3 is 2.25 bits per heavy atom. The van der Waals surface area contributed by atoms with Crippen molar-refractivity contribution in [2.45, 2.75) is 51.7 Å². The molecule has 0 radical (unpaired) electrons. The first-order valence-corrected chi connectivity index (χ1v) is 6.84. The number of carbonyl (C=O) groups excluding carboxylic acids is 2. The van der Waals surface area contributed by atoms with Gasteiger partial charge in [0, 0.05) is 25.9 Å². The highest BCUT2D eigenvalue weighted by atomic mass is 16.5. The normalized spacial score (nSPS) is 22.4. The summed E-state index contributed by atoms with van der Waals surface area (Å²) in [6.45, 7) is 4.68. The lowest BCUT2D eigenvalue weighted by Gasteiger charge is -2.35. The second-order valence-corrected chi connectivity index (χ2v) is 5.12. The summed E-state index contributed by atoms with van der Waals surface area (Å²) in [7, 11) is 0. The summed E-state index contributed by atoms with van der Waals surface area (Å²) < 4.78 is 5.51. The minimum atomic E-state index is -0.877. The number of ether oxygens (including phenoxy) is 1. The number of morpholine rings is 1. The molecular weight excluding hydrogens is 264 g/mol. The van der Waals surface area contributed by atoms with Crippen molar-refractivity contribution in [1.29, 1.82) is 0 Å². The van der Waals surface area contributed by atoms with Crippen LogP contribution in [-0.4, -0.2) is 53.2 Å². The van der Waals surface area contributed by atoms with Gasteiger partial charge in [0.25, 0.3) is 0 Å². The van der Waals surface area contributed by atoms with E-state index in [4.69, 9.17) is 9.84 Å². The predicted molar refractivity (Wildman–Crippen MR) is 71.2 cm³/mol. The minimum Gasteiger partial charge on any atom is -0.481 e. The summed E-state index contributed by atoms with van der Waals surface area (Å²) in [5, 5.41) is 10.8. The molecule has 2 unspecified atom stereocenters. The third-order valence-electron chi connectivity index (χ3n) is 3.00. The van der Waals surface area contributed by atoms with Crippen molar-refractivity contribution in [3.8, 4) is 0 Å². The van der Waals surface area contributed by atoms with Gasteiger partial charge in [-0.2, -0.15) is 0 Å². The van der Waals surface area contributed by atoms with Gasteiger partial charge in [0.05, 0.1) is 12.2 Å². The standard InChI is InChI=1S/C13H22N2O5/c1-9-7-15(8-10(2)20-9)13(19)14-11(16)5-3-4-6-12(17)18/h9-10H,3-8H2,1-2H3,(H,17,18)(H,14,16,19). The average Bonchev–Trinajstić information content (AvgIpc) is 2.33. The number of hydrogen-bond donors (Lipinski definition) is 2. The molecule has 0 aromatic heterocycles. The van der Waals surface area contributed by atoms with Crippen LogP contribution in [0.4, 0.5) is 4.79 Å². The maximum absolute atomic E-state index is 11.9. The van der Waals surface area contributed by atoms with Crippen molar-refractivity contribution in [2.75, 3.05) is 13.1 Å². The number of nitrogens with one attached hydrogen (secondary N) is 1. The smallest absolute Gasteiger partial charge is 0.324 e. The highest BCUT2D eigenvalue weighted by molar-refractivity contribution is 5.94. The number of amides is 3. The Bertz CT molecular complexity index is 362. The van der Waals surface area contributed by atoms with E-state index in [-0.39, 0.29) is 31.0 Å². The number of carboxylic acid groups (broad SMARTS) is 1. The SMILES string of the molecule is CC1CN(C(=O)NC(=O)CCCCC(=O)O)CC(C)O1. The van der Waals surface area contributed by atoms with Crippen LogP contribution in [0, 0.1) is 0 Å².